The van der Waals surface area contributed by atoms with E-state index in [1.54, 1.807) is 7.11 Å². The number of hydrogen-bond acceptors (Lipinski definition) is 3. The van der Waals surface area contributed by atoms with Crippen molar-refractivity contribution in [2.75, 3.05) is 27.7 Å². The molecule has 0 aliphatic heterocycles. The highest BCUT2D eigenvalue weighted by Crippen LogP contribution is 2.22. The van der Waals surface area contributed by atoms with Crippen LogP contribution in [0.2, 0.25) is 0 Å². The minimum Gasteiger partial charge on any atom is -0.497 e. The van der Waals surface area contributed by atoms with Crippen molar-refractivity contribution in [1.82, 2.24) is 10.2 Å². The summed E-state index contributed by atoms with van der Waals surface area (Å²) in [5.41, 5.74) is 1.79. The predicted molar refractivity (Wildman–Crippen MR) is 101 cm³/mol. The molecule has 0 heterocycles. The number of halogens is 1. The second-order valence-corrected chi connectivity index (χ2v) is 6.72. The molecule has 0 aliphatic carbocycles. The smallest absolute Gasteiger partial charge is 0.251 e. The van der Waals surface area contributed by atoms with Gasteiger partial charge in [0.1, 0.15) is 5.75 Å². The molecule has 0 fully saturated rings. The maximum absolute atomic E-state index is 12.3. The Bertz CT molecular complexity index is 674. The van der Waals surface area contributed by atoms with Crippen LogP contribution in [0, 0.1) is 3.57 Å². The van der Waals surface area contributed by atoms with Crippen molar-refractivity contribution >= 4 is 28.5 Å². The Hall–Kier alpha value is -1.60. The zero-order chi connectivity index (χ0) is 16.8. The van der Waals surface area contributed by atoms with E-state index in [-0.39, 0.29) is 11.9 Å². The molecular formula is C18H21IN2O2. The van der Waals surface area contributed by atoms with Gasteiger partial charge in [-0.1, -0.05) is 18.2 Å². The molecule has 4 nitrogen and oxygen atoms in total. The summed E-state index contributed by atoms with van der Waals surface area (Å²) in [6.45, 7) is 0.532. The molecule has 23 heavy (non-hydrogen) atoms. The molecule has 1 amide bonds. The number of amides is 1. The Labute approximate surface area is 151 Å². The number of methoxy groups -OCH3 is 1. The summed E-state index contributed by atoms with van der Waals surface area (Å²) in [5.74, 6) is 0.761. The molecule has 0 radical (unpaired) electrons. The summed E-state index contributed by atoms with van der Waals surface area (Å²) < 4.78 is 6.33. The van der Waals surface area contributed by atoms with Crippen LogP contribution in [-0.4, -0.2) is 38.6 Å². The maximum Gasteiger partial charge on any atom is 0.251 e. The molecule has 2 rings (SSSR count). The summed E-state index contributed by atoms with van der Waals surface area (Å²) >= 11 is 2.21. The number of nitrogens with one attached hydrogen (secondary N) is 1. The summed E-state index contributed by atoms with van der Waals surface area (Å²) in [7, 11) is 5.66. The Kier molecular flexibility index (Phi) is 6.41. The van der Waals surface area contributed by atoms with E-state index in [1.165, 1.54) is 0 Å². The SMILES string of the molecule is COc1cccc(C(CNC(=O)c2cccc(I)c2)N(C)C)c1. The van der Waals surface area contributed by atoms with Crippen LogP contribution in [0.1, 0.15) is 22.0 Å². The van der Waals surface area contributed by atoms with Crippen molar-refractivity contribution in [3.63, 3.8) is 0 Å². The standard InChI is InChI=1S/C18H21IN2O2/c1-21(2)17(13-6-5-9-16(11-13)23-3)12-20-18(22)14-7-4-8-15(19)10-14/h4-11,17H,12H2,1-3H3,(H,20,22). The number of ether oxygens (including phenoxy) is 1. The number of rotatable bonds is 6. The summed E-state index contributed by atoms with van der Waals surface area (Å²) in [5, 5.41) is 3.02. The Morgan fingerprint density at radius 1 is 1.22 bits per heavy atom. The van der Waals surface area contributed by atoms with Crippen LogP contribution in [0.3, 0.4) is 0 Å². The van der Waals surface area contributed by atoms with Gasteiger partial charge in [-0.2, -0.15) is 0 Å². The second-order valence-electron chi connectivity index (χ2n) is 5.48. The zero-order valence-corrected chi connectivity index (χ0v) is 15.7. The topological polar surface area (TPSA) is 41.6 Å². The third kappa shape index (κ3) is 4.94. The highest BCUT2D eigenvalue weighted by atomic mass is 127. The lowest BCUT2D eigenvalue weighted by Crippen LogP contribution is -2.34. The Morgan fingerprint density at radius 2 is 1.96 bits per heavy atom. The zero-order valence-electron chi connectivity index (χ0n) is 13.5. The van der Waals surface area contributed by atoms with Gasteiger partial charge < -0.3 is 15.0 Å². The second kappa shape index (κ2) is 8.31. The van der Waals surface area contributed by atoms with Crippen molar-refractivity contribution in [2.45, 2.75) is 6.04 Å². The molecule has 2 aromatic rings. The number of carbonyl (C=O) groups is 1. The fourth-order valence-electron chi connectivity index (χ4n) is 2.37. The van der Waals surface area contributed by atoms with Gasteiger partial charge >= 0.3 is 0 Å². The van der Waals surface area contributed by atoms with Crippen molar-refractivity contribution < 1.29 is 9.53 Å². The number of likely N-dealkylation sites (N-methyl/N-ethyl adjacent to an activating group) is 1. The predicted octanol–water partition coefficient (Wildman–Crippen LogP) is 3.33. The molecule has 1 atom stereocenters. The lowest BCUT2D eigenvalue weighted by molar-refractivity contribution is 0.0942. The molecule has 0 aromatic heterocycles. The Balaban J connectivity index is 2.09. The van der Waals surface area contributed by atoms with Crippen molar-refractivity contribution in [1.29, 1.82) is 0 Å². The normalized spacial score (nSPS) is 12.0. The first-order valence-electron chi connectivity index (χ1n) is 7.35. The largest absolute Gasteiger partial charge is 0.497 e. The van der Waals surface area contributed by atoms with E-state index in [4.69, 9.17) is 4.74 Å². The monoisotopic (exact) mass is 424 g/mol. The van der Waals surface area contributed by atoms with Crippen LogP contribution < -0.4 is 10.1 Å². The molecule has 122 valence electrons. The molecular weight excluding hydrogens is 403 g/mol. The van der Waals surface area contributed by atoms with E-state index in [0.717, 1.165) is 14.9 Å². The van der Waals surface area contributed by atoms with Gasteiger partial charge in [-0.15, -0.1) is 0 Å². The molecule has 0 saturated heterocycles. The lowest BCUT2D eigenvalue weighted by atomic mass is 10.1. The van der Waals surface area contributed by atoms with E-state index < -0.39 is 0 Å². The average molecular weight is 424 g/mol. The van der Waals surface area contributed by atoms with Gasteiger partial charge in [0, 0.05) is 15.7 Å². The number of hydrogen-bond donors (Lipinski definition) is 1. The van der Waals surface area contributed by atoms with Gasteiger partial charge in [-0.05, 0) is 72.6 Å². The number of carbonyl (C=O) groups excluding carboxylic acids is 1. The van der Waals surface area contributed by atoms with Gasteiger partial charge in [0.25, 0.3) is 5.91 Å². The van der Waals surface area contributed by atoms with Crippen LogP contribution >= 0.6 is 22.6 Å². The highest BCUT2D eigenvalue weighted by Gasteiger charge is 2.16. The third-order valence-electron chi connectivity index (χ3n) is 3.64. The Morgan fingerprint density at radius 3 is 2.61 bits per heavy atom. The van der Waals surface area contributed by atoms with Crippen molar-refractivity contribution in [3.05, 3.63) is 63.2 Å². The van der Waals surface area contributed by atoms with E-state index in [9.17, 15) is 4.79 Å². The summed E-state index contributed by atoms with van der Waals surface area (Å²) in [6.07, 6.45) is 0. The van der Waals surface area contributed by atoms with Crippen LogP contribution in [0.15, 0.2) is 48.5 Å². The molecule has 0 spiro atoms. The van der Waals surface area contributed by atoms with Crippen molar-refractivity contribution in [2.24, 2.45) is 0 Å². The first-order chi connectivity index (χ1) is 11.0. The molecule has 2 aromatic carbocycles. The third-order valence-corrected chi connectivity index (χ3v) is 4.32. The summed E-state index contributed by atoms with van der Waals surface area (Å²) in [4.78, 5) is 14.4. The van der Waals surface area contributed by atoms with Gasteiger partial charge in [0.05, 0.1) is 13.2 Å². The highest BCUT2D eigenvalue weighted by molar-refractivity contribution is 14.1. The van der Waals surface area contributed by atoms with E-state index in [1.807, 2.05) is 62.6 Å². The first kappa shape index (κ1) is 17.7. The fraction of sp³-hybridized carbons (Fsp3) is 0.278. The van der Waals surface area contributed by atoms with Gasteiger partial charge in [-0.3, -0.25) is 4.79 Å². The van der Waals surface area contributed by atoms with E-state index >= 15 is 0 Å². The van der Waals surface area contributed by atoms with Crippen LogP contribution in [-0.2, 0) is 0 Å². The molecule has 0 saturated carbocycles. The molecule has 0 bridgehead atoms. The minimum atomic E-state index is -0.0572. The van der Waals surface area contributed by atoms with Crippen LogP contribution in [0.25, 0.3) is 0 Å². The van der Waals surface area contributed by atoms with Crippen LogP contribution in [0.4, 0.5) is 0 Å². The fourth-order valence-corrected chi connectivity index (χ4v) is 2.91. The minimum absolute atomic E-state index is 0.0572. The van der Waals surface area contributed by atoms with Crippen molar-refractivity contribution in [3.8, 4) is 5.75 Å². The summed E-state index contributed by atoms with van der Waals surface area (Å²) in [6, 6.07) is 15.6. The van der Waals surface area contributed by atoms with Gasteiger partial charge in [0.2, 0.25) is 0 Å². The molecule has 5 heteroatoms. The van der Waals surface area contributed by atoms with Gasteiger partial charge in [0.15, 0.2) is 0 Å². The number of nitrogens with zero attached hydrogens (tertiary/aromatic N) is 1. The van der Waals surface area contributed by atoms with E-state index in [2.05, 4.69) is 32.8 Å². The molecule has 1 N–H and O–H groups in total. The van der Waals surface area contributed by atoms with Crippen LogP contribution in [0.5, 0.6) is 5.75 Å². The maximum atomic E-state index is 12.3. The lowest BCUT2D eigenvalue weighted by Gasteiger charge is -2.25. The van der Waals surface area contributed by atoms with Gasteiger partial charge in [-0.25, -0.2) is 0 Å². The van der Waals surface area contributed by atoms with E-state index in [0.29, 0.717) is 12.1 Å². The average Bonchev–Trinajstić information content (AvgIpc) is 2.54. The molecule has 0 aliphatic rings. The first-order valence-corrected chi connectivity index (χ1v) is 8.43. The molecule has 1 unspecified atom stereocenters. The number of benzene rings is 2. The quantitative estimate of drug-likeness (QED) is 0.724.